The summed E-state index contributed by atoms with van der Waals surface area (Å²) in [6.45, 7) is 1.35. The van der Waals surface area contributed by atoms with Gasteiger partial charge >= 0.3 is 0 Å². The van der Waals surface area contributed by atoms with Gasteiger partial charge in [-0.2, -0.15) is 16.8 Å². The van der Waals surface area contributed by atoms with E-state index in [4.69, 9.17) is 9.11 Å². The van der Waals surface area contributed by atoms with Gasteiger partial charge in [-0.3, -0.25) is 13.9 Å². The van der Waals surface area contributed by atoms with Gasteiger partial charge in [0.1, 0.15) is 5.78 Å². The molecule has 0 fully saturated rings. The number of benzene rings is 2. The van der Waals surface area contributed by atoms with E-state index in [0.29, 0.717) is 11.1 Å². The van der Waals surface area contributed by atoms with Crippen LogP contribution in [0.3, 0.4) is 0 Å². The second-order valence-corrected chi connectivity index (χ2v) is 7.97. The average molecular weight is 370 g/mol. The van der Waals surface area contributed by atoms with Crippen LogP contribution in [0.2, 0.25) is 0 Å². The van der Waals surface area contributed by atoms with Crippen molar-refractivity contribution < 1.29 is 30.7 Å². The normalized spacial score (nSPS) is 12.3. The monoisotopic (exact) mass is 370 g/mol. The van der Waals surface area contributed by atoms with Gasteiger partial charge in [0.2, 0.25) is 0 Å². The SMILES string of the molecule is CC(=O)C(c1ccc(S(=O)(=O)O)cc1)c1ccc(S(=O)(=O)O)cc1. The average Bonchev–Trinajstić information content (AvgIpc) is 2.46. The van der Waals surface area contributed by atoms with Gasteiger partial charge in [-0.25, -0.2) is 0 Å². The molecule has 0 heterocycles. The first-order valence-electron chi connectivity index (χ1n) is 6.65. The molecule has 0 aliphatic rings. The summed E-state index contributed by atoms with van der Waals surface area (Å²) in [5.74, 6) is -0.981. The van der Waals surface area contributed by atoms with Crippen molar-refractivity contribution in [3.05, 3.63) is 59.7 Å². The third-order valence-corrected chi connectivity index (χ3v) is 5.16. The molecule has 0 saturated heterocycles. The number of rotatable bonds is 5. The third kappa shape index (κ3) is 4.06. The minimum absolute atomic E-state index is 0.241. The van der Waals surface area contributed by atoms with Crippen molar-refractivity contribution in [1.82, 2.24) is 0 Å². The van der Waals surface area contributed by atoms with Crippen molar-refractivity contribution in [3.63, 3.8) is 0 Å². The van der Waals surface area contributed by atoms with Crippen LogP contribution in [0, 0.1) is 0 Å². The smallest absolute Gasteiger partial charge is 0.294 e. The van der Waals surface area contributed by atoms with Crippen LogP contribution in [0.15, 0.2) is 58.3 Å². The molecule has 0 spiro atoms. The highest BCUT2D eigenvalue weighted by atomic mass is 32.2. The molecular weight excluding hydrogens is 356 g/mol. The van der Waals surface area contributed by atoms with Crippen LogP contribution in [-0.2, 0) is 25.0 Å². The highest BCUT2D eigenvalue weighted by Gasteiger charge is 2.21. The molecule has 0 unspecified atom stereocenters. The molecule has 0 radical (unpaired) electrons. The molecule has 2 rings (SSSR count). The summed E-state index contributed by atoms with van der Waals surface area (Å²) in [5, 5.41) is 0. The lowest BCUT2D eigenvalue weighted by Crippen LogP contribution is -2.11. The number of hydrogen-bond donors (Lipinski definition) is 2. The molecule has 2 aromatic carbocycles. The van der Waals surface area contributed by atoms with E-state index in [1.807, 2.05) is 0 Å². The topological polar surface area (TPSA) is 126 Å². The molecule has 0 bridgehead atoms. The van der Waals surface area contributed by atoms with E-state index >= 15 is 0 Å². The summed E-state index contributed by atoms with van der Waals surface area (Å²) >= 11 is 0. The molecule has 0 atom stereocenters. The number of carbonyl (C=O) groups is 1. The number of hydrogen-bond acceptors (Lipinski definition) is 5. The molecular formula is C15H14O7S2. The Labute approximate surface area is 139 Å². The first-order valence-corrected chi connectivity index (χ1v) is 9.53. The lowest BCUT2D eigenvalue weighted by Gasteiger charge is -2.15. The third-order valence-electron chi connectivity index (χ3n) is 3.43. The lowest BCUT2D eigenvalue weighted by molar-refractivity contribution is -0.117. The molecule has 0 aromatic heterocycles. The van der Waals surface area contributed by atoms with Crippen molar-refractivity contribution >= 4 is 26.0 Å². The van der Waals surface area contributed by atoms with Gasteiger partial charge < -0.3 is 0 Å². The molecule has 2 N–H and O–H groups in total. The second kappa shape index (κ2) is 6.44. The van der Waals surface area contributed by atoms with Crippen LogP contribution in [0.25, 0.3) is 0 Å². The Bertz CT molecular complexity index is 882. The molecule has 128 valence electrons. The van der Waals surface area contributed by atoms with E-state index in [-0.39, 0.29) is 15.6 Å². The second-order valence-electron chi connectivity index (χ2n) is 5.13. The van der Waals surface area contributed by atoms with E-state index in [1.165, 1.54) is 55.5 Å². The molecule has 0 aliphatic heterocycles. The predicted octanol–water partition coefficient (Wildman–Crippen LogP) is 1.90. The fraction of sp³-hybridized carbons (Fsp3) is 0.133. The summed E-state index contributed by atoms with van der Waals surface area (Å²) < 4.78 is 62.2. The van der Waals surface area contributed by atoms with Crippen molar-refractivity contribution in [2.75, 3.05) is 0 Å². The van der Waals surface area contributed by atoms with Crippen LogP contribution in [0.4, 0.5) is 0 Å². The van der Waals surface area contributed by atoms with Gasteiger partial charge in [0, 0.05) is 0 Å². The molecule has 7 nitrogen and oxygen atoms in total. The summed E-state index contributed by atoms with van der Waals surface area (Å²) in [4.78, 5) is 11.4. The van der Waals surface area contributed by atoms with Gasteiger partial charge in [0.15, 0.2) is 0 Å². The lowest BCUT2D eigenvalue weighted by atomic mass is 9.88. The molecule has 0 amide bonds. The van der Waals surface area contributed by atoms with Crippen molar-refractivity contribution in [2.24, 2.45) is 0 Å². The zero-order chi connectivity index (χ0) is 18.1. The Hall–Kier alpha value is -2.07. The summed E-state index contributed by atoms with van der Waals surface area (Å²) in [5.41, 5.74) is 0.962. The fourth-order valence-corrected chi connectivity index (χ4v) is 3.29. The molecule has 0 saturated carbocycles. The quantitative estimate of drug-likeness (QED) is 0.770. The van der Waals surface area contributed by atoms with Crippen LogP contribution >= 0.6 is 0 Å². The van der Waals surface area contributed by atoms with Crippen LogP contribution in [0.1, 0.15) is 24.0 Å². The Balaban J connectivity index is 2.45. The number of Topliss-reactive ketones (excluding diaryl/α,β-unsaturated/α-hetero) is 1. The maximum Gasteiger partial charge on any atom is 0.294 e. The van der Waals surface area contributed by atoms with E-state index in [0.717, 1.165) is 0 Å². The molecule has 24 heavy (non-hydrogen) atoms. The van der Waals surface area contributed by atoms with Gasteiger partial charge in [-0.05, 0) is 42.3 Å². The Kier molecular flexibility index (Phi) is 4.90. The van der Waals surface area contributed by atoms with E-state index in [2.05, 4.69) is 0 Å². The van der Waals surface area contributed by atoms with Crippen molar-refractivity contribution in [3.8, 4) is 0 Å². The van der Waals surface area contributed by atoms with Gasteiger partial charge in [0.05, 0.1) is 15.7 Å². The predicted molar refractivity (Wildman–Crippen MR) is 85.0 cm³/mol. The number of ketones is 1. The maximum atomic E-state index is 12.0. The first-order chi connectivity index (χ1) is 11.0. The van der Waals surface area contributed by atoms with Gasteiger partial charge in [-0.15, -0.1) is 0 Å². The Morgan fingerprint density at radius 2 is 1.04 bits per heavy atom. The highest BCUT2D eigenvalue weighted by molar-refractivity contribution is 7.86. The van der Waals surface area contributed by atoms with Gasteiger partial charge in [0.25, 0.3) is 20.2 Å². The first kappa shape index (κ1) is 18.3. The fourth-order valence-electron chi connectivity index (χ4n) is 2.33. The van der Waals surface area contributed by atoms with E-state index < -0.39 is 26.2 Å². The standard InChI is InChI=1S/C15H14O7S2/c1-10(16)15(11-2-6-13(7-3-11)23(17,18)19)12-4-8-14(9-5-12)24(20,21)22/h2-9,15H,1H3,(H,17,18,19)(H,20,21,22). The zero-order valence-electron chi connectivity index (χ0n) is 12.4. The summed E-state index contributed by atoms with van der Waals surface area (Å²) in [7, 11) is -8.66. The van der Waals surface area contributed by atoms with Crippen molar-refractivity contribution in [1.29, 1.82) is 0 Å². The Morgan fingerprint density at radius 1 is 0.750 bits per heavy atom. The minimum Gasteiger partial charge on any atom is -0.299 e. The van der Waals surface area contributed by atoms with Crippen LogP contribution in [0.5, 0.6) is 0 Å². The molecule has 9 heteroatoms. The Morgan fingerprint density at radius 3 is 1.25 bits per heavy atom. The largest absolute Gasteiger partial charge is 0.299 e. The minimum atomic E-state index is -4.33. The maximum absolute atomic E-state index is 12.0. The number of carbonyl (C=O) groups excluding carboxylic acids is 1. The zero-order valence-corrected chi connectivity index (χ0v) is 14.1. The summed E-state index contributed by atoms with van der Waals surface area (Å²) in [6.07, 6.45) is 0. The van der Waals surface area contributed by atoms with Crippen LogP contribution < -0.4 is 0 Å². The molecule has 0 aliphatic carbocycles. The van der Waals surface area contributed by atoms with Gasteiger partial charge in [-0.1, -0.05) is 24.3 Å². The van der Waals surface area contributed by atoms with E-state index in [1.54, 1.807) is 0 Å². The summed E-state index contributed by atoms with van der Waals surface area (Å²) in [6, 6.07) is 10.3. The van der Waals surface area contributed by atoms with E-state index in [9.17, 15) is 21.6 Å². The highest BCUT2D eigenvalue weighted by Crippen LogP contribution is 2.27. The molecule has 2 aromatic rings. The van der Waals surface area contributed by atoms with Crippen molar-refractivity contribution in [2.45, 2.75) is 22.6 Å². The van der Waals surface area contributed by atoms with Crippen LogP contribution in [-0.4, -0.2) is 31.7 Å².